The van der Waals surface area contributed by atoms with Crippen molar-refractivity contribution in [3.8, 4) is 0 Å². The second-order valence-corrected chi connectivity index (χ2v) is 3.44. The van der Waals surface area contributed by atoms with Gasteiger partial charge in [-0.3, -0.25) is 4.79 Å². The number of carbonyl (C=O) groups excluding carboxylic acids is 1. The van der Waals surface area contributed by atoms with Gasteiger partial charge in [0.1, 0.15) is 5.82 Å². The summed E-state index contributed by atoms with van der Waals surface area (Å²) in [6.45, 7) is 4.01. The van der Waals surface area contributed by atoms with E-state index in [4.69, 9.17) is 4.74 Å². The predicted molar refractivity (Wildman–Crippen MR) is 61.4 cm³/mol. The molecule has 0 heterocycles. The molecule has 1 rings (SSSR count). The zero-order valence-corrected chi connectivity index (χ0v) is 9.50. The number of ether oxygens (including phenoxy) is 1. The largest absolute Gasteiger partial charge is 0.466 e. The minimum absolute atomic E-state index is 0.168. The van der Waals surface area contributed by atoms with Crippen LogP contribution in [0.3, 0.4) is 0 Å². The molecule has 3 heteroatoms. The summed E-state index contributed by atoms with van der Waals surface area (Å²) in [4.78, 5) is 11.0. The molecule has 2 nitrogen and oxygen atoms in total. The van der Waals surface area contributed by atoms with Crippen LogP contribution in [0.1, 0.15) is 24.5 Å². The zero-order valence-electron chi connectivity index (χ0n) is 9.50. The second kappa shape index (κ2) is 6.05. The van der Waals surface area contributed by atoms with Crippen molar-refractivity contribution >= 4 is 12.0 Å². The predicted octanol–water partition coefficient (Wildman–Crippen LogP) is 3.10. The minimum Gasteiger partial charge on any atom is -0.466 e. The lowest BCUT2D eigenvalue weighted by Crippen LogP contribution is -2.01. The zero-order chi connectivity index (χ0) is 12.0. The van der Waals surface area contributed by atoms with Crippen LogP contribution in [0.15, 0.2) is 24.3 Å². The van der Waals surface area contributed by atoms with Gasteiger partial charge < -0.3 is 4.74 Å². The van der Waals surface area contributed by atoms with Gasteiger partial charge in [-0.05, 0) is 26.0 Å². The van der Waals surface area contributed by atoms with Crippen LogP contribution in [0.5, 0.6) is 0 Å². The van der Waals surface area contributed by atoms with Crippen molar-refractivity contribution < 1.29 is 13.9 Å². The SMILES string of the molecule is CCOC(=O)CC=Cc1cc(C)ccc1F. The molecule has 16 heavy (non-hydrogen) atoms. The van der Waals surface area contributed by atoms with Crippen LogP contribution >= 0.6 is 0 Å². The molecule has 0 bridgehead atoms. The normalized spacial score (nSPS) is 10.7. The molecule has 0 aliphatic carbocycles. The Morgan fingerprint density at radius 3 is 2.94 bits per heavy atom. The molecule has 1 aromatic carbocycles. The van der Waals surface area contributed by atoms with Crippen molar-refractivity contribution in [1.82, 2.24) is 0 Å². The lowest BCUT2D eigenvalue weighted by molar-refractivity contribution is -0.142. The Kier molecular flexibility index (Phi) is 4.70. The number of carbonyl (C=O) groups is 1. The van der Waals surface area contributed by atoms with E-state index in [2.05, 4.69) is 0 Å². The van der Waals surface area contributed by atoms with Gasteiger partial charge in [0.25, 0.3) is 0 Å². The Balaban J connectivity index is 2.62. The highest BCUT2D eigenvalue weighted by atomic mass is 19.1. The van der Waals surface area contributed by atoms with E-state index in [1.807, 2.05) is 6.92 Å². The number of halogens is 1. The highest BCUT2D eigenvalue weighted by Gasteiger charge is 1.99. The second-order valence-electron chi connectivity index (χ2n) is 3.44. The fourth-order valence-corrected chi connectivity index (χ4v) is 1.29. The third-order valence-electron chi connectivity index (χ3n) is 2.04. The fourth-order valence-electron chi connectivity index (χ4n) is 1.29. The van der Waals surface area contributed by atoms with Crippen LogP contribution < -0.4 is 0 Å². The molecule has 0 N–H and O–H groups in total. The number of hydrogen-bond donors (Lipinski definition) is 0. The van der Waals surface area contributed by atoms with Crippen molar-refractivity contribution in [2.75, 3.05) is 6.61 Å². The van der Waals surface area contributed by atoms with E-state index in [0.717, 1.165) is 5.56 Å². The summed E-state index contributed by atoms with van der Waals surface area (Å²) < 4.78 is 18.0. The van der Waals surface area contributed by atoms with Crippen molar-refractivity contribution in [2.45, 2.75) is 20.3 Å². The van der Waals surface area contributed by atoms with E-state index in [1.165, 1.54) is 6.07 Å². The van der Waals surface area contributed by atoms with Gasteiger partial charge in [0, 0.05) is 5.56 Å². The molecule has 1 aromatic rings. The van der Waals surface area contributed by atoms with E-state index < -0.39 is 0 Å². The molecule has 0 unspecified atom stereocenters. The molecule has 0 amide bonds. The molecule has 0 saturated carbocycles. The summed E-state index contributed by atoms with van der Waals surface area (Å²) in [7, 11) is 0. The first-order valence-corrected chi connectivity index (χ1v) is 5.21. The summed E-state index contributed by atoms with van der Waals surface area (Å²) in [5.41, 5.74) is 1.47. The molecule has 0 radical (unpaired) electrons. The molecular weight excluding hydrogens is 207 g/mol. The number of rotatable bonds is 4. The van der Waals surface area contributed by atoms with E-state index in [-0.39, 0.29) is 18.2 Å². The molecule has 0 fully saturated rings. The molecule has 0 saturated heterocycles. The van der Waals surface area contributed by atoms with Gasteiger partial charge in [-0.15, -0.1) is 0 Å². The van der Waals surface area contributed by atoms with Crippen LogP contribution in [-0.4, -0.2) is 12.6 Å². The van der Waals surface area contributed by atoms with E-state index >= 15 is 0 Å². The number of benzene rings is 1. The first-order chi connectivity index (χ1) is 7.63. The minimum atomic E-state index is -0.299. The smallest absolute Gasteiger partial charge is 0.309 e. The highest BCUT2D eigenvalue weighted by molar-refractivity contribution is 5.72. The van der Waals surface area contributed by atoms with Gasteiger partial charge in [0.2, 0.25) is 0 Å². The van der Waals surface area contributed by atoms with Gasteiger partial charge >= 0.3 is 5.97 Å². The molecule has 0 aromatic heterocycles. The van der Waals surface area contributed by atoms with Gasteiger partial charge in [-0.2, -0.15) is 0 Å². The molecule has 0 atom stereocenters. The molecular formula is C13H15FO2. The topological polar surface area (TPSA) is 26.3 Å². The Hall–Kier alpha value is -1.64. The number of esters is 1. The molecule has 0 spiro atoms. The Morgan fingerprint density at radius 1 is 1.50 bits per heavy atom. The molecule has 0 aliphatic rings. The maximum absolute atomic E-state index is 13.3. The quantitative estimate of drug-likeness (QED) is 0.732. The van der Waals surface area contributed by atoms with Crippen LogP contribution in [0.25, 0.3) is 6.08 Å². The Morgan fingerprint density at radius 2 is 2.25 bits per heavy atom. The third kappa shape index (κ3) is 3.85. The van der Waals surface area contributed by atoms with Crippen LogP contribution in [0.4, 0.5) is 4.39 Å². The van der Waals surface area contributed by atoms with E-state index in [0.29, 0.717) is 12.2 Å². The molecule has 0 aliphatic heterocycles. The van der Waals surface area contributed by atoms with Crippen LogP contribution in [-0.2, 0) is 9.53 Å². The maximum Gasteiger partial charge on any atom is 0.309 e. The van der Waals surface area contributed by atoms with Gasteiger partial charge in [-0.25, -0.2) is 4.39 Å². The molecule has 86 valence electrons. The number of hydrogen-bond acceptors (Lipinski definition) is 2. The van der Waals surface area contributed by atoms with E-state index in [1.54, 1.807) is 31.2 Å². The third-order valence-corrected chi connectivity index (χ3v) is 2.04. The van der Waals surface area contributed by atoms with Gasteiger partial charge in [-0.1, -0.05) is 23.8 Å². The average Bonchev–Trinajstić information content (AvgIpc) is 2.23. The van der Waals surface area contributed by atoms with Gasteiger partial charge in [0.15, 0.2) is 0 Å². The summed E-state index contributed by atoms with van der Waals surface area (Å²) in [5.74, 6) is -0.586. The van der Waals surface area contributed by atoms with Crippen LogP contribution in [0, 0.1) is 12.7 Å². The van der Waals surface area contributed by atoms with Crippen molar-refractivity contribution in [1.29, 1.82) is 0 Å². The maximum atomic E-state index is 13.3. The highest BCUT2D eigenvalue weighted by Crippen LogP contribution is 2.12. The van der Waals surface area contributed by atoms with Crippen molar-refractivity contribution in [3.05, 3.63) is 41.2 Å². The van der Waals surface area contributed by atoms with Crippen molar-refractivity contribution in [3.63, 3.8) is 0 Å². The van der Waals surface area contributed by atoms with Gasteiger partial charge in [0.05, 0.1) is 13.0 Å². The standard InChI is InChI=1S/C13H15FO2/c1-3-16-13(15)6-4-5-11-9-10(2)7-8-12(11)14/h4-5,7-9H,3,6H2,1-2H3. The average molecular weight is 222 g/mol. The van der Waals surface area contributed by atoms with Crippen LogP contribution in [0.2, 0.25) is 0 Å². The summed E-state index contributed by atoms with van der Waals surface area (Å²) in [6, 6.07) is 4.86. The lowest BCUT2D eigenvalue weighted by Gasteiger charge is -1.99. The summed E-state index contributed by atoms with van der Waals surface area (Å²) >= 11 is 0. The first-order valence-electron chi connectivity index (χ1n) is 5.21. The first kappa shape index (κ1) is 12.4. The summed E-state index contributed by atoms with van der Waals surface area (Å²) in [6.07, 6.45) is 3.37. The van der Waals surface area contributed by atoms with E-state index in [9.17, 15) is 9.18 Å². The Labute approximate surface area is 94.7 Å². The fraction of sp³-hybridized carbons (Fsp3) is 0.308. The summed E-state index contributed by atoms with van der Waals surface area (Å²) in [5, 5.41) is 0. The monoisotopic (exact) mass is 222 g/mol. The number of aryl methyl sites for hydroxylation is 1. The van der Waals surface area contributed by atoms with Crippen molar-refractivity contribution in [2.24, 2.45) is 0 Å². The lowest BCUT2D eigenvalue weighted by atomic mass is 10.1. The Bertz CT molecular complexity index is 397.